The summed E-state index contributed by atoms with van der Waals surface area (Å²) >= 11 is 0. The van der Waals surface area contributed by atoms with Crippen LogP contribution in [0.15, 0.2) is 24.3 Å². The minimum Gasteiger partial charge on any atom is -0.480 e. The van der Waals surface area contributed by atoms with Gasteiger partial charge in [0.25, 0.3) is 0 Å². The first-order valence-corrected chi connectivity index (χ1v) is 6.67. The molecular weight excluding hydrogens is 283 g/mol. The Hall–Kier alpha value is -1.34. The second kappa shape index (κ2) is 6.21. The maximum atomic E-state index is 11.9. The first-order chi connectivity index (χ1) is 8.72. The molecule has 19 heavy (non-hydrogen) atoms. The van der Waals surface area contributed by atoms with Crippen molar-refractivity contribution in [1.82, 2.24) is 0 Å². The number of hydrogen-bond donors (Lipinski definition) is 3. The third-order valence-corrected chi connectivity index (χ3v) is 3.65. The Labute approximate surface area is 107 Å². The van der Waals surface area contributed by atoms with E-state index >= 15 is 0 Å². The molecule has 0 fully saturated rings. The van der Waals surface area contributed by atoms with E-state index in [4.69, 9.17) is 10.8 Å². The molecule has 106 valence electrons. The molecule has 0 saturated heterocycles. The van der Waals surface area contributed by atoms with Gasteiger partial charge in [0, 0.05) is 0 Å². The number of nitrogens with two attached hydrogens (primary N) is 1. The van der Waals surface area contributed by atoms with Crippen LogP contribution in [0.5, 0.6) is 0 Å². The first kappa shape index (κ1) is 15.7. The van der Waals surface area contributed by atoms with Gasteiger partial charge in [-0.15, -0.1) is 0 Å². The molecule has 0 bridgehead atoms. The van der Waals surface area contributed by atoms with E-state index in [0.717, 1.165) is 12.1 Å². The monoisotopic (exact) mass is 295 g/mol. The second-order valence-electron chi connectivity index (χ2n) is 3.70. The zero-order valence-corrected chi connectivity index (χ0v) is 10.5. The molecule has 0 spiro atoms. The van der Waals surface area contributed by atoms with Crippen LogP contribution in [0.3, 0.4) is 0 Å². The van der Waals surface area contributed by atoms with Gasteiger partial charge in [-0.3, -0.25) is 9.36 Å². The number of aliphatic carboxylic acids is 1. The highest BCUT2D eigenvalue weighted by molar-refractivity contribution is 7.61. The lowest BCUT2D eigenvalue weighted by molar-refractivity contribution is -0.138. The fourth-order valence-electron chi connectivity index (χ4n) is 1.33. The molecule has 4 N–H and O–H groups in total. The third-order valence-electron chi connectivity index (χ3n) is 2.26. The zero-order chi connectivity index (χ0) is 14.6. The van der Waals surface area contributed by atoms with E-state index in [9.17, 15) is 23.0 Å². The summed E-state index contributed by atoms with van der Waals surface area (Å²) in [4.78, 5) is 19.8. The van der Waals surface area contributed by atoms with Gasteiger partial charge in [0.2, 0.25) is 0 Å². The molecule has 1 aromatic carbocycles. The molecule has 0 radical (unpaired) electrons. The maximum absolute atomic E-state index is 11.9. The van der Waals surface area contributed by atoms with Crippen molar-refractivity contribution in [3.63, 3.8) is 0 Å². The number of alkyl halides is 2. The number of benzene rings is 1. The van der Waals surface area contributed by atoms with Crippen LogP contribution in [0.25, 0.3) is 0 Å². The third kappa shape index (κ3) is 4.68. The highest BCUT2D eigenvalue weighted by Crippen LogP contribution is 2.42. The second-order valence-corrected chi connectivity index (χ2v) is 5.47. The lowest BCUT2D eigenvalue weighted by atomic mass is 10.1. The Morgan fingerprint density at radius 2 is 1.89 bits per heavy atom. The average Bonchev–Trinajstić information content (AvgIpc) is 2.27. The van der Waals surface area contributed by atoms with E-state index in [1.165, 1.54) is 12.1 Å². The van der Waals surface area contributed by atoms with Crippen LogP contribution in [-0.2, 0) is 20.3 Å². The van der Waals surface area contributed by atoms with Crippen molar-refractivity contribution in [3.8, 4) is 0 Å². The number of carboxylic acid groups (broad SMARTS) is 1. The van der Waals surface area contributed by atoms with Gasteiger partial charge in [0.05, 0.1) is 5.30 Å². The van der Waals surface area contributed by atoms with Crippen molar-refractivity contribution in [2.75, 3.05) is 0 Å². The van der Waals surface area contributed by atoms with E-state index in [2.05, 4.69) is 4.52 Å². The average molecular weight is 295 g/mol. The minimum absolute atomic E-state index is 0.0149. The Bertz CT molecular complexity index is 493. The summed E-state index contributed by atoms with van der Waals surface area (Å²) in [6.45, 7) is -3.36. The molecule has 0 heterocycles. The maximum Gasteiger partial charge on any atom is 0.363 e. The molecule has 0 aliphatic carbocycles. The van der Waals surface area contributed by atoms with Gasteiger partial charge < -0.3 is 15.7 Å². The highest BCUT2D eigenvalue weighted by Gasteiger charge is 2.27. The molecule has 0 aliphatic rings. The summed E-state index contributed by atoms with van der Waals surface area (Å²) in [5.74, 6) is -1.18. The Morgan fingerprint density at radius 3 is 2.32 bits per heavy atom. The molecule has 6 nitrogen and oxygen atoms in total. The molecule has 2 atom stereocenters. The largest absolute Gasteiger partial charge is 0.480 e. The number of carboxylic acids is 1. The molecule has 0 aromatic heterocycles. The van der Waals surface area contributed by atoms with Crippen LogP contribution < -0.4 is 11.0 Å². The molecule has 0 aliphatic heterocycles. The van der Waals surface area contributed by atoms with Gasteiger partial charge in [-0.2, -0.15) is 8.78 Å². The zero-order valence-electron chi connectivity index (χ0n) is 9.57. The van der Waals surface area contributed by atoms with E-state index in [-0.39, 0.29) is 11.7 Å². The summed E-state index contributed by atoms with van der Waals surface area (Å²) in [5.41, 5.74) is 5.81. The van der Waals surface area contributed by atoms with Crippen LogP contribution in [0, 0.1) is 0 Å². The quantitative estimate of drug-likeness (QED) is 0.666. The SMILES string of the molecule is N[C@@H](Cc1ccc(P(=O)(O)OC(F)F)cc1)C(=O)O. The number of hydrogen-bond acceptors (Lipinski definition) is 4. The standard InChI is InChI=1S/C10H12F2NO5P/c11-10(12)18-19(16,17)7-3-1-6(2-4-7)5-8(13)9(14)15/h1-4,8,10H,5,13H2,(H,14,15)(H,16,17)/t8-/m0/s1. The Kier molecular flexibility index (Phi) is 5.13. The highest BCUT2D eigenvalue weighted by atomic mass is 31.2. The van der Waals surface area contributed by atoms with Gasteiger partial charge in [-0.1, -0.05) is 12.1 Å². The van der Waals surface area contributed by atoms with E-state index < -0.39 is 26.2 Å². The summed E-state index contributed by atoms with van der Waals surface area (Å²) in [7, 11) is -4.57. The lowest BCUT2D eigenvalue weighted by Gasteiger charge is -2.12. The first-order valence-electron chi connectivity index (χ1n) is 5.09. The van der Waals surface area contributed by atoms with Crippen LogP contribution in [0.1, 0.15) is 5.56 Å². The van der Waals surface area contributed by atoms with Crippen LogP contribution in [0.4, 0.5) is 8.78 Å². The summed E-state index contributed by atoms with van der Waals surface area (Å²) in [6.07, 6.45) is 0.0149. The number of carbonyl (C=O) groups is 1. The van der Waals surface area contributed by atoms with Gasteiger partial charge in [-0.05, 0) is 24.1 Å². The molecule has 0 amide bonds. The van der Waals surface area contributed by atoms with E-state index in [0.29, 0.717) is 5.56 Å². The van der Waals surface area contributed by atoms with Gasteiger partial charge in [0.1, 0.15) is 6.04 Å². The Morgan fingerprint density at radius 1 is 1.37 bits per heavy atom. The molecule has 0 saturated carbocycles. The fourth-order valence-corrected chi connectivity index (χ4v) is 2.19. The minimum atomic E-state index is -4.57. The van der Waals surface area contributed by atoms with Crippen LogP contribution in [0.2, 0.25) is 0 Å². The molecule has 1 unspecified atom stereocenters. The molecule has 1 rings (SSSR count). The van der Waals surface area contributed by atoms with Crippen molar-refractivity contribution < 1.29 is 32.7 Å². The van der Waals surface area contributed by atoms with Crippen molar-refractivity contribution in [3.05, 3.63) is 29.8 Å². The van der Waals surface area contributed by atoms with Gasteiger partial charge in [-0.25, -0.2) is 4.52 Å². The fraction of sp³-hybridized carbons (Fsp3) is 0.300. The van der Waals surface area contributed by atoms with Crippen molar-refractivity contribution in [2.45, 2.75) is 19.1 Å². The van der Waals surface area contributed by atoms with Crippen molar-refractivity contribution in [2.24, 2.45) is 5.73 Å². The Balaban J connectivity index is 2.82. The topological polar surface area (TPSA) is 110 Å². The molecule has 1 aromatic rings. The molecule has 9 heteroatoms. The van der Waals surface area contributed by atoms with E-state index in [1.807, 2.05) is 0 Å². The number of rotatable bonds is 6. The normalized spacial score (nSPS) is 16.1. The summed E-state index contributed by atoms with van der Waals surface area (Å²) in [5, 5.41) is 8.31. The van der Waals surface area contributed by atoms with Gasteiger partial charge in [0.15, 0.2) is 0 Å². The smallest absolute Gasteiger partial charge is 0.363 e. The van der Waals surface area contributed by atoms with Crippen LogP contribution >= 0.6 is 7.60 Å². The predicted molar refractivity (Wildman–Crippen MR) is 62.3 cm³/mol. The molecular formula is C10H12F2NO5P. The summed E-state index contributed by atoms with van der Waals surface area (Å²) in [6, 6.07) is 3.79. The summed E-state index contributed by atoms with van der Waals surface area (Å²) < 4.78 is 38.9. The van der Waals surface area contributed by atoms with Crippen LogP contribution in [-0.4, -0.2) is 28.6 Å². The van der Waals surface area contributed by atoms with E-state index in [1.54, 1.807) is 0 Å². The number of halogens is 2. The predicted octanol–water partition coefficient (Wildman–Crippen LogP) is 0.691. The van der Waals surface area contributed by atoms with Crippen molar-refractivity contribution in [1.29, 1.82) is 0 Å². The lowest BCUT2D eigenvalue weighted by Crippen LogP contribution is -2.32. The van der Waals surface area contributed by atoms with Gasteiger partial charge >= 0.3 is 20.2 Å². The van der Waals surface area contributed by atoms with Crippen molar-refractivity contribution >= 4 is 18.9 Å².